The van der Waals surface area contributed by atoms with Crippen molar-refractivity contribution in [2.75, 3.05) is 36.6 Å². The summed E-state index contributed by atoms with van der Waals surface area (Å²) >= 11 is 1.62. The fraction of sp³-hybridized carbons (Fsp3) is 0.436. The summed E-state index contributed by atoms with van der Waals surface area (Å²) in [7, 11) is 4.13. The lowest BCUT2D eigenvalue weighted by Gasteiger charge is -2.26. The number of thioether (sulfide) groups is 1. The molecule has 1 amide bonds. The molecule has 1 aliphatic carbocycles. The van der Waals surface area contributed by atoms with E-state index in [-0.39, 0.29) is 16.9 Å². The lowest BCUT2D eigenvalue weighted by molar-refractivity contribution is 0.0386. The molecule has 0 unspecified atom stereocenters. The predicted octanol–water partition coefficient (Wildman–Crippen LogP) is 9.58. The first-order valence-corrected chi connectivity index (χ1v) is 17.4. The molecule has 6 nitrogen and oxygen atoms in total. The Balaban J connectivity index is 1.51. The molecule has 1 saturated heterocycles. The molecule has 46 heavy (non-hydrogen) atoms. The first-order valence-electron chi connectivity index (χ1n) is 16.4. The van der Waals surface area contributed by atoms with Crippen LogP contribution in [0, 0.1) is 0 Å². The summed E-state index contributed by atoms with van der Waals surface area (Å²) in [5.74, 6) is 0.802. The van der Waals surface area contributed by atoms with Gasteiger partial charge in [0.2, 0.25) is 0 Å². The van der Waals surface area contributed by atoms with Crippen LogP contribution in [-0.4, -0.2) is 48.2 Å². The molecule has 1 N–H and O–H groups in total. The number of nitrogens with one attached hydrogen (secondary N) is 1. The summed E-state index contributed by atoms with van der Waals surface area (Å²) in [5, 5.41) is 4.07. The summed E-state index contributed by atoms with van der Waals surface area (Å²) in [4.78, 5) is 22.4. The van der Waals surface area contributed by atoms with Crippen molar-refractivity contribution in [3.8, 4) is 0 Å². The second kappa shape index (κ2) is 13.2. The number of nitrogens with zero attached hydrogens (tertiary/aromatic N) is 3. The normalized spacial score (nSPS) is 20.9. The molecule has 2 heterocycles. The largest absolute Gasteiger partial charge is 0.443 e. The number of rotatable bonds is 7. The van der Waals surface area contributed by atoms with Crippen molar-refractivity contribution in [3.05, 3.63) is 107 Å². The SMILES string of the molecule is CNc1ccccc1C(C)(C)C/C=C/C1=C(N=C2SCCN2C(=O)OC(C)(C)C)C(=C/C=C2/N(C)c3ccccc3C2(C)C)/CC1. The number of likely N-dealkylation sites (N-methyl/N-ethyl adjacent to an activating group) is 1. The summed E-state index contributed by atoms with van der Waals surface area (Å²) < 4.78 is 5.74. The minimum absolute atomic E-state index is 0.0487. The lowest BCUT2D eigenvalue weighted by Crippen LogP contribution is -2.37. The Kier molecular flexibility index (Phi) is 9.65. The predicted molar refractivity (Wildman–Crippen MR) is 196 cm³/mol. The number of benzene rings is 2. The number of amides is 1. The molecule has 3 aliphatic rings. The number of carbonyl (C=O) groups is 1. The summed E-state index contributed by atoms with van der Waals surface area (Å²) in [6, 6.07) is 17.2. The van der Waals surface area contributed by atoms with Gasteiger partial charge < -0.3 is 15.0 Å². The third-order valence-electron chi connectivity index (χ3n) is 9.13. The third kappa shape index (κ3) is 7.00. The fourth-order valence-corrected chi connectivity index (χ4v) is 7.57. The Morgan fingerprint density at radius 2 is 1.76 bits per heavy atom. The number of hydrogen-bond donors (Lipinski definition) is 1. The van der Waals surface area contributed by atoms with Gasteiger partial charge in [-0.15, -0.1) is 0 Å². The number of carbonyl (C=O) groups excluding carboxylic acids is 1. The smallest absolute Gasteiger partial charge is 0.416 e. The van der Waals surface area contributed by atoms with E-state index < -0.39 is 5.60 Å². The van der Waals surface area contributed by atoms with Gasteiger partial charge in [0, 0.05) is 48.9 Å². The van der Waals surface area contributed by atoms with Crippen LogP contribution in [0.4, 0.5) is 16.2 Å². The van der Waals surface area contributed by atoms with Crippen LogP contribution < -0.4 is 10.2 Å². The number of anilines is 2. The Labute approximate surface area is 280 Å². The Bertz CT molecular complexity index is 1640. The van der Waals surface area contributed by atoms with Crippen molar-refractivity contribution in [1.82, 2.24) is 4.90 Å². The molecule has 0 bridgehead atoms. The molecular formula is C39H50N4O2S. The van der Waals surface area contributed by atoms with Crippen LogP contribution in [0.3, 0.4) is 0 Å². The number of aliphatic imine (C=N–C) groups is 1. The average Bonchev–Trinajstić information content (AvgIpc) is 3.67. The molecule has 2 aromatic rings. The zero-order chi connectivity index (χ0) is 33.3. The highest BCUT2D eigenvalue weighted by Crippen LogP contribution is 2.47. The van der Waals surface area contributed by atoms with Crippen LogP contribution in [0.15, 0.2) is 100 Å². The van der Waals surface area contributed by atoms with E-state index in [1.54, 1.807) is 16.7 Å². The van der Waals surface area contributed by atoms with Crippen LogP contribution in [-0.2, 0) is 15.6 Å². The number of ether oxygens (including phenoxy) is 1. The highest BCUT2D eigenvalue weighted by Gasteiger charge is 2.38. The van der Waals surface area contributed by atoms with Crippen molar-refractivity contribution in [1.29, 1.82) is 0 Å². The fourth-order valence-electron chi connectivity index (χ4n) is 6.64. The molecule has 2 aromatic carbocycles. The molecule has 1 fully saturated rings. The van der Waals surface area contributed by atoms with Crippen LogP contribution in [0.25, 0.3) is 0 Å². The highest BCUT2D eigenvalue weighted by atomic mass is 32.2. The minimum atomic E-state index is -0.566. The van der Waals surface area contributed by atoms with E-state index in [4.69, 9.17) is 9.73 Å². The van der Waals surface area contributed by atoms with Crippen LogP contribution in [0.2, 0.25) is 0 Å². The maximum absolute atomic E-state index is 13.1. The molecule has 0 saturated carbocycles. The van der Waals surface area contributed by atoms with E-state index >= 15 is 0 Å². The van der Waals surface area contributed by atoms with E-state index in [9.17, 15) is 4.79 Å². The number of hydrogen-bond acceptors (Lipinski definition) is 6. The Hall–Kier alpha value is -3.71. The van der Waals surface area contributed by atoms with E-state index in [0.29, 0.717) is 11.7 Å². The first-order chi connectivity index (χ1) is 21.7. The number of allylic oxidation sites excluding steroid dienone is 7. The van der Waals surface area contributed by atoms with Gasteiger partial charge in [-0.3, -0.25) is 4.90 Å². The zero-order valence-corrected chi connectivity index (χ0v) is 29.8. The molecular weight excluding hydrogens is 589 g/mol. The van der Waals surface area contributed by atoms with E-state index in [1.165, 1.54) is 33.7 Å². The second-order valence-electron chi connectivity index (χ2n) is 14.5. The monoisotopic (exact) mass is 638 g/mol. The van der Waals surface area contributed by atoms with E-state index in [0.717, 1.165) is 36.4 Å². The van der Waals surface area contributed by atoms with Crippen molar-refractivity contribution in [3.63, 3.8) is 0 Å². The topological polar surface area (TPSA) is 57.2 Å². The van der Waals surface area contributed by atoms with Crippen molar-refractivity contribution in [2.45, 2.75) is 84.2 Å². The van der Waals surface area contributed by atoms with Gasteiger partial charge in [-0.05, 0) is 85.9 Å². The van der Waals surface area contributed by atoms with Gasteiger partial charge in [-0.25, -0.2) is 9.79 Å². The molecule has 0 radical (unpaired) electrons. The van der Waals surface area contributed by atoms with Crippen LogP contribution in [0.5, 0.6) is 0 Å². The van der Waals surface area contributed by atoms with Crippen LogP contribution in [0.1, 0.15) is 78.9 Å². The van der Waals surface area contributed by atoms with Gasteiger partial charge >= 0.3 is 6.09 Å². The van der Waals surface area contributed by atoms with Gasteiger partial charge in [-0.1, -0.05) is 94.1 Å². The summed E-state index contributed by atoms with van der Waals surface area (Å²) in [6.45, 7) is 15.5. The number of para-hydroxylation sites is 2. The molecule has 0 atom stereocenters. The standard InChI is InChI=1S/C39H50N4O2S/c1-37(2,3)45-36(44)43-25-26-46-35(43)41-34-27(15-14-24-38(4,5)29-16-10-12-18-31(29)40-8)20-21-28(34)22-23-33-39(6,7)30-17-11-13-19-32(30)42(33)9/h10-19,22-23,40H,20-21,24-26H2,1-9H3/b15-14+,28-22+,33-23+,41-35?. The first kappa shape index (κ1) is 33.6. The Morgan fingerprint density at radius 1 is 1.04 bits per heavy atom. The molecule has 244 valence electrons. The van der Waals surface area contributed by atoms with Gasteiger partial charge in [0.15, 0.2) is 5.17 Å². The second-order valence-corrected chi connectivity index (χ2v) is 15.5. The molecule has 5 rings (SSSR count). The number of amidine groups is 1. The van der Waals surface area contributed by atoms with Gasteiger partial charge in [0.1, 0.15) is 5.60 Å². The van der Waals surface area contributed by atoms with Crippen molar-refractivity contribution in [2.24, 2.45) is 4.99 Å². The van der Waals surface area contributed by atoms with Gasteiger partial charge in [0.05, 0.1) is 5.70 Å². The Morgan fingerprint density at radius 3 is 2.48 bits per heavy atom. The lowest BCUT2D eigenvalue weighted by atomic mass is 9.80. The minimum Gasteiger partial charge on any atom is -0.443 e. The number of fused-ring (bicyclic) bond motifs is 1. The highest BCUT2D eigenvalue weighted by molar-refractivity contribution is 8.14. The third-order valence-corrected chi connectivity index (χ3v) is 10.1. The van der Waals surface area contributed by atoms with Crippen molar-refractivity contribution < 1.29 is 9.53 Å². The molecule has 0 aromatic heterocycles. The quantitative estimate of drug-likeness (QED) is 0.327. The summed E-state index contributed by atoms with van der Waals surface area (Å²) in [5.41, 5.74) is 8.95. The van der Waals surface area contributed by atoms with Gasteiger partial charge in [-0.2, -0.15) is 0 Å². The average molecular weight is 639 g/mol. The van der Waals surface area contributed by atoms with Gasteiger partial charge in [0.25, 0.3) is 0 Å². The van der Waals surface area contributed by atoms with E-state index in [2.05, 4.69) is 118 Å². The van der Waals surface area contributed by atoms with Crippen LogP contribution >= 0.6 is 11.8 Å². The summed E-state index contributed by atoms with van der Waals surface area (Å²) in [6.07, 6.45) is 11.4. The maximum Gasteiger partial charge on any atom is 0.416 e. The zero-order valence-electron chi connectivity index (χ0n) is 29.0. The molecule has 7 heteroatoms. The van der Waals surface area contributed by atoms with E-state index in [1.807, 2.05) is 27.8 Å². The molecule has 2 aliphatic heterocycles. The maximum atomic E-state index is 13.1. The van der Waals surface area contributed by atoms with Crippen molar-refractivity contribution >= 4 is 34.4 Å². The molecule has 0 spiro atoms.